The number of carbonyl (C=O) groups excluding carboxylic acids is 1. The first-order valence-corrected chi connectivity index (χ1v) is 11.4. The normalized spacial score (nSPS) is 21.1. The number of rotatable bonds is 4. The van der Waals surface area contributed by atoms with Gasteiger partial charge < -0.3 is 0 Å². The van der Waals surface area contributed by atoms with Gasteiger partial charge in [0.25, 0.3) is 0 Å². The van der Waals surface area contributed by atoms with Crippen LogP contribution in [0.5, 0.6) is 0 Å². The highest BCUT2D eigenvalue weighted by molar-refractivity contribution is 8.27. The average molecular weight is 430 g/mol. The molecule has 2 aliphatic rings. The maximum Gasteiger partial charge on any atom is 0.243 e. The molecule has 1 saturated heterocycles. The maximum absolute atomic E-state index is 13.0. The lowest BCUT2D eigenvalue weighted by molar-refractivity contribution is -0.115. The van der Waals surface area contributed by atoms with Gasteiger partial charge in [-0.1, -0.05) is 84.6 Å². The van der Waals surface area contributed by atoms with Gasteiger partial charge in [-0.25, -0.2) is 5.01 Å². The van der Waals surface area contributed by atoms with Crippen LogP contribution in [0.25, 0.3) is 6.08 Å². The van der Waals surface area contributed by atoms with Crippen LogP contribution >= 0.6 is 23.5 Å². The Balaban J connectivity index is 1.57. The highest BCUT2D eigenvalue weighted by Crippen LogP contribution is 2.55. The van der Waals surface area contributed by atoms with E-state index < -0.39 is 4.33 Å². The van der Waals surface area contributed by atoms with Crippen molar-refractivity contribution in [2.24, 2.45) is 5.10 Å². The molecule has 0 saturated carbocycles. The quantitative estimate of drug-likeness (QED) is 0.536. The van der Waals surface area contributed by atoms with E-state index in [9.17, 15) is 4.79 Å². The number of amides is 1. The van der Waals surface area contributed by atoms with Gasteiger partial charge in [0.05, 0.1) is 11.4 Å². The Morgan fingerprint density at radius 2 is 1.40 bits per heavy atom. The van der Waals surface area contributed by atoms with E-state index in [-0.39, 0.29) is 5.91 Å². The Kier molecular flexibility index (Phi) is 5.11. The van der Waals surface area contributed by atoms with Crippen LogP contribution in [0.1, 0.15) is 5.56 Å². The molecule has 1 spiro atoms. The predicted molar refractivity (Wildman–Crippen MR) is 129 cm³/mol. The molecule has 2 aliphatic heterocycles. The van der Waals surface area contributed by atoms with Crippen LogP contribution in [-0.2, 0) is 4.79 Å². The number of hydrogen-bond acceptors (Lipinski definition) is 5. The highest BCUT2D eigenvalue weighted by atomic mass is 32.2. The summed E-state index contributed by atoms with van der Waals surface area (Å²) in [4.78, 5) is 14.9. The van der Waals surface area contributed by atoms with Crippen LogP contribution in [0.3, 0.4) is 0 Å². The van der Waals surface area contributed by atoms with E-state index in [1.54, 1.807) is 23.5 Å². The first-order chi connectivity index (χ1) is 14.8. The molecule has 30 heavy (non-hydrogen) atoms. The van der Waals surface area contributed by atoms with Crippen molar-refractivity contribution in [2.45, 2.75) is 4.33 Å². The van der Waals surface area contributed by atoms with Gasteiger partial charge in [0.2, 0.25) is 10.2 Å². The fraction of sp³-hybridized carbons (Fsp3) is 0.0833. The number of thioether (sulfide) groups is 2. The molecule has 0 aliphatic carbocycles. The van der Waals surface area contributed by atoms with Crippen molar-refractivity contribution in [3.63, 3.8) is 0 Å². The van der Waals surface area contributed by atoms with Crippen molar-refractivity contribution in [3.8, 4) is 0 Å². The van der Waals surface area contributed by atoms with Gasteiger partial charge in [-0.15, -0.1) is 0 Å². The van der Waals surface area contributed by atoms with Crippen molar-refractivity contribution in [2.75, 3.05) is 15.7 Å². The summed E-state index contributed by atoms with van der Waals surface area (Å²) in [5, 5.41) is 7.77. The molecule has 4 nitrogen and oxygen atoms in total. The van der Waals surface area contributed by atoms with E-state index >= 15 is 0 Å². The van der Waals surface area contributed by atoms with Gasteiger partial charge in [0, 0.05) is 5.69 Å². The molecule has 5 rings (SSSR count). The monoisotopic (exact) mass is 429 g/mol. The minimum Gasteiger partial charge on any atom is -0.273 e. The van der Waals surface area contributed by atoms with E-state index in [0.29, 0.717) is 5.75 Å². The van der Waals surface area contributed by atoms with E-state index in [4.69, 9.17) is 5.10 Å². The first-order valence-electron chi connectivity index (χ1n) is 9.64. The van der Waals surface area contributed by atoms with Gasteiger partial charge in [0.1, 0.15) is 5.04 Å². The molecule has 1 amide bonds. The molecule has 0 bridgehead atoms. The summed E-state index contributed by atoms with van der Waals surface area (Å²) in [5.74, 6) is 0.499. The van der Waals surface area contributed by atoms with E-state index in [0.717, 1.165) is 22.0 Å². The first kappa shape index (κ1) is 19.0. The van der Waals surface area contributed by atoms with Gasteiger partial charge in [-0.3, -0.25) is 9.69 Å². The third-order valence-corrected chi connectivity index (χ3v) is 7.63. The standard InChI is InChI=1S/C24H19N3OS2/c28-23-18-29-24(26(23)20-12-6-2-7-13-20)27(21-14-8-3-9-15-21)25-22(30-24)17-16-19-10-4-1-5-11-19/h1-17H,18H2/b17-16-/t24-/m0/s1. The second-order valence-electron chi connectivity index (χ2n) is 6.83. The molecular weight excluding hydrogens is 410 g/mol. The zero-order chi connectivity index (χ0) is 20.4. The topological polar surface area (TPSA) is 35.9 Å². The summed E-state index contributed by atoms with van der Waals surface area (Å²) in [6, 6.07) is 30.0. The maximum atomic E-state index is 13.0. The molecule has 0 aromatic heterocycles. The average Bonchev–Trinajstić information content (AvgIpc) is 3.34. The molecular formula is C24H19N3OS2. The van der Waals surface area contributed by atoms with Crippen molar-refractivity contribution < 1.29 is 4.79 Å². The molecule has 2 heterocycles. The zero-order valence-electron chi connectivity index (χ0n) is 16.1. The second kappa shape index (κ2) is 8.05. The number of hydrazone groups is 1. The van der Waals surface area contributed by atoms with E-state index in [1.807, 2.05) is 94.8 Å². The van der Waals surface area contributed by atoms with Crippen molar-refractivity contribution in [1.82, 2.24) is 0 Å². The smallest absolute Gasteiger partial charge is 0.243 e. The number of benzene rings is 3. The molecule has 1 fully saturated rings. The van der Waals surface area contributed by atoms with E-state index in [2.05, 4.69) is 18.2 Å². The van der Waals surface area contributed by atoms with Crippen LogP contribution in [0.4, 0.5) is 11.4 Å². The third-order valence-electron chi connectivity index (χ3n) is 4.85. The summed E-state index contributed by atoms with van der Waals surface area (Å²) >= 11 is 3.22. The number of carbonyl (C=O) groups is 1. The number of hydrogen-bond donors (Lipinski definition) is 0. The van der Waals surface area contributed by atoms with E-state index in [1.165, 1.54) is 0 Å². The molecule has 3 aromatic rings. The molecule has 1 atom stereocenters. The molecule has 148 valence electrons. The Morgan fingerprint density at radius 3 is 2.07 bits per heavy atom. The van der Waals surface area contributed by atoms with Crippen molar-refractivity contribution in [3.05, 3.63) is 103 Å². The van der Waals surface area contributed by atoms with Crippen LogP contribution in [0.15, 0.2) is 102 Å². The third kappa shape index (κ3) is 3.42. The van der Waals surface area contributed by atoms with Crippen LogP contribution in [-0.4, -0.2) is 21.0 Å². The Bertz CT molecular complexity index is 1100. The molecule has 3 aromatic carbocycles. The van der Waals surface area contributed by atoms with Gasteiger partial charge in [-0.05, 0) is 47.7 Å². The minimum absolute atomic E-state index is 0.0862. The Hall–Kier alpha value is -2.96. The molecule has 6 heteroatoms. The van der Waals surface area contributed by atoms with Crippen LogP contribution in [0, 0.1) is 0 Å². The van der Waals surface area contributed by atoms with Gasteiger partial charge in [0.15, 0.2) is 0 Å². The number of nitrogens with zero attached hydrogens (tertiary/aromatic N) is 3. The predicted octanol–water partition coefficient (Wildman–Crippen LogP) is 5.66. The zero-order valence-corrected chi connectivity index (χ0v) is 17.7. The lowest BCUT2D eigenvalue weighted by Crippen LogP contribution is -2.51. The number of anilines is 2. The molecule has 0 unspecified atom stereocenters. The SMILES string of the molecule is O=C1CS[C@]2(SC(/C=C\c3ccccc3)=NN2c2ccccc2)N1c1ccccc1. The Morgan fingerprint density at radius 1 is 0.800 bits per heavy atom. The van der Waals surface area contributed by atoms with Crippen LogP contribution < -0.4 is 9.91 Å². The van der Waals surface area contributed by atoms with Crippen LogP contribution in [0.2, 0.25) is 0 Å². The number of para-hydroxylation sites is 2. The van der Waals surface area contributed by atoms with Crippen molar-refractivity contribution >= 4 is 51.9 Å². The summed E-state index contributed by atoms with van der Waals surface area (Å²) in [6.45, 7) is 0. The lowest BCUT2D eigenvalue weighted by Gasteiger charge is -2.39. The minimum atomic E-state index is -0.684. The largest absolute Gasteiger partial charge is 0.273 e. The summed E-state index contributed by atoms with van der Waals surface area (Å²) in [6.07, 6.45) is 4.08. The second-order valence-corrected chi connectivity index (χ2v) is 9.43. The summed E-state index contributed by atoms with van der Waals surface area (Å²) < 4.78 is -0.684. The fourth-order valence-corrected chi connectivity index (χ4v) is 6.28. The van der Waals surface area contributed by atoms with Gasteiger partial charge >= 0.3 is 0 Å². The molecule has 0 radical (unpaired) electrons. The Labute approximate surface area is 184 Å². The molecule has 0 N–H and O–H groups in total. The summed E-state index contributed by atoms with van der Waals surface area (Å²) in [7, 11) is 0. The fourth-order valence-electron chi connectivity index (χ4n) is 3.51. The van der Waals surface area contributed by atoms with Crippen molar-refractivity contribution in [1.29, 1.82) is 0 Å². The summed E-state index contributed by atoms with van der Waals surface area (Å²) in [5.41, 5.74) is 2.95. The lowest BCUT2D eigenvalue weighted by atomic mass is 10.2. The van der Waals surface area contributed by atoms with Gasteiger partial charge in [-0.2, -0.15) is 5.10 Å². The highest BCUT2D eigenvalue weighted by Gasteiger charge is 2.56.